The fourth-order valence-electron chi connectivity index (χ4n) is 3.37. The van der Waals surface area contributed by atoms with E-state index in [4.69, 9.17) is 4.74 Å². The minimum Gasteiger partial charge on any atom is -0.463 e. The minimum atomic E-state index is -0.948. The van der Waals surface area contributed by atoms with E-state index in [9.17, 15) is 4.79 Å². The SMILES string of the molecule is CCCCCCCCCCC(CCCCCCCC)COC(=O)C(Br)(Br)Br. The van der Waals surface area contributed by atoms with Crippen LogP contribution in [0.15, 0.2) is 0 Å². The van der Waals surface area contributed by atoms with Gasteiger partial charge in [-0.25, -0.2) is 4.79 Å². The molecule has 0 aromatic rings. The lowest BCUT2D eigenvalue weighted by atomic mass is 9.94. The number of hydrogen-bond acceptors (Lipinski definition) is 2. The van der Waals surface area contributed by atoms with E-state index < -0.39 is 2.14 Å². The lowest BCUT2D eigenvalue weighted by Gasteiger charge is -2.19. The van der Waals surface area contributed by atoms with E-state index in [1.54, 1.807) is 0 Å². The van der Waals surface area contributed by atoms with Crippen LogP contribution in [-0.4, -0.2) is 14.7 Å². The molecule has 0 heterocycles. The molecule has 0 aromatic carbocycles. The van der Waals surface area contributed by atoms with Gasteiger partial charge in [-0.15, -0.1) is 0 Å². The number of carbonyl (C=O) groups is 1. The fraction of sp³-hybridized carbons (Fsp3) is 0.955. The van der Waals surface area contributed by atoms with E-state index >= 15 is 0 Å². The molecule has 0 saturated carbocycles. The number of hydrogen-bond donors (Lipinski definition) is 0. The third-order valence-corrected chi connectivity index (χ3v) is 6.08. The molecule has 0 rings (SSSR count). The molecule has 0 amide bonds. The first kappa shape index (κ1) is 27.9. The molecule has 1 unspecified atom stereocenters. The highest BCUT2D eigenvalue weighted by Crippen LogP contribution is 2.35. The molecular weight excluding hydrogens is 536 g/mol. The van der Waals surface area contributed by atoms with Crippen LogP contribution < -0.4 is 0 Å². The van der Waals surface area contributed by atoms with Crippen molar-refractivity contribution in [2.24, 2.45) is 5.92 Å². The zero-order valence-electron chi connectivity index (χ0n) is 17.5. The molecule has 0 saturated heterocycles. The van der Waals surface area contributed by atoms with Crippen LogP contribution >= 0.6 is 47.8 Å². The van der Waals surface area contributed by atoms with Gasteiger partial charge >= 0.3 is 5.97 Å². The van der Waals surface area contributed by atoms with Crippen molar-refractivity contribution in [2.75, 3.05) is 6.61 Å². The van der Waals surface area contributed by atoms with Crippen molar-refractivity contribution in [3.8, 4) is 0 Å². The summed E-state index contributed by atoms with van der Waals surface area (Å²) in [5.74, 6) is 0.196. The molecule has 0 radical (unpaired) electrons. The largest absolute Gasteiger partial charge is 0.463 e. The van der Waals surface area contributed by atoms with E-state index in [1.165, 1.54) is 103 Å². The van der Waals surface area contributed by atoms with Gasteiger partial charge < -0.3 is 4.74 Å². The van der Waals surface area contributed by atoms with Gasteiger partial charge in [-0.3, -0.25) is 0 Å². The number of esters is 1. The maximum atomic E-state index is 12.0. The predicted molar refractivity (Wildman–Crippen MR) is 129 cm³/mol. The summed E-state index contributed by atoms with van der Waals surface area (Å²) in [5.41, 5.74) is 0. The molecule has 0 bridgehead atoms. The number of carbonyl (C=O) groups excluding carboxylic acids is 1. The van der Waals surface area contributed by atoms with E-state index in [1.807, 2.05) is 0 Å². The number of ether oxygens (including phenoxy) is 1. The molecule has 0 aromatic heterocycles. The summed E-state index contributed by atoms with van der Waals surface area (Å²) in [6.45, 7) is 5.06. The molecule has 0 aliphatic carbocycles. The topological polar surface area (TPSA) is 26.3 Å². The summed E-state index contributed by atoms with van der Waals surface area (Å²) in [7, 11) is 0. The van der Waals surface area contributed by atoms with Crippen molar-refractivity contribution in [3.05, 3.63) is 0 Å². The van der Waals surface area contributed by atoms with Crippen molar-refractivity contribution in [1.82, 2.24) is 0 Å². The first-order valence-electron chi connectivity index (χ1n) is 11.2. The summed E-state index contributed by atoms with van der Waals surface area (Å²) in [4.78, 5) is 12.0. The average Bonchev–Trinajstić information content (AvgIpc) is 2.62. The van der Waals surface area contributed by atoms with Gasteiger partial charge in [0, 0.05) is 0 Å². The second-order valence-corrected chi connectivity index (χ2v) is 14.5. The van der Waals surface area contributed by atoms with Crippen LogP contribution in [0, 0.1) is 5.92 Å². The van der Waals surface area contributed by atoms with Crippen LogP contribution in [0.4, 0.5) is 0 Å². The van der Waals surface area contributed by atoms with Crippen molar-refractivity contribution in [2.45, 2.75) is 119 Å². The van der Waals surface area contributed by atoms with Gasteiger partial charge in [-0.1, -0.05) is 104 Å². The first-order chi connectivity index (χ1) is 12.9. The normalized spacial score (nSPS) is 12.9. The van der Waals surface area contributed by atoms with Crippen LogP contribution in [0.3, 0.4) is 0 Å². The number of halogens is 3. The van der Waals surface area contributed by atoms with E-state index in [-0.39, 0.29) is 5.97 Å². The number of unbranched alkanes of at least 4 members (excludes halogenated alkanes) is 12. The van der Waals surface area contributed by atoms with Gasteiger partial charge in [0.2, 0.25) is 2.14 Å². The highest BCUT2D eigenvalue weighted by Gasteiger charge is 2.31. The molecule has 5 heteroatoms. The zero-order chi connectivity index (χ0) is 20.4. The zero-order valence-corrected chi connectivity index (χ0v) is 22.3. The van der Waals surface area contributed by atoms with Gasteiger partial charge in [0.15, 0.2) is 0 Å². The third-order valence-electron chi connectivity index (χ3n) is 5.11. The summed E-state index contributed by atoms with van der Waals surface area (Å²) in [5, 5.41) is 0. The molecular formula is C22H41Br3O2. The van der Waals surface area contributed by atoms with Crippen LogP contribution in [0.1, 0.15) is 117 Å². The van der Waals surface area contributed by atoms with Gasteiger partial charge in [0.05, 0.1) is 6.61 Å². The van der Waals surface area contributed by atoms with Crippen LogP contribution in [0.2, 0.25) is 0 Å². The average molecular weight is 577 g/mol. The Kier molecular flexibility index (Phi) is 19.5. The second-order valence-electron chi connectivity index (χ2n) is 7.78. The molecule has 0 aliphatic rings. The van der Waals surface area contributed by atoms with E-state index in [0.717, 1.165) is 0 Å². The molecule has 2 nitrogen and oxygen atoms in total. The molecule has 162 valence electrons. The van der Waals surface area contributed by atoms with Gasteiger partial charge in [0.25, 0.3) is 0 Å². The van der Waals surface area contributed by atoms with Gasteiger partial charge in [0.1, 0.15) is 0 Å². The molecule has 0 spiro atoms. The Bertz CT molecular complexity index is 343. The van der Waals surface area contributed by atoms with Crippen LogP contribution in [-0.2, 0) is 9.53 Å². The van der Waals surface area contributed by atoms with E-state index in [2.05, 4.69) is 61.6 Å². The number of alkyl halides is 3. The number of rotatable bonds is 18. The summed E-state index contributed by atoms with van der Waals surface area (Å²) >= 11 is 9.72. The monoisotopic (exact) mass is 574 g/mol. The van der Waals surface area contributed by atoms with Gasteiger partial charge in [-0.2, -0.15) is 0 Å². The highest BCUT2D eigenvalue weighted by molar-refractivity contribution is 9.40. The summed E-state index contributed by atoms with van der Waals surface area (Å²) in [6.07, 6.45) is 21.0. The van der Waals surface area contributed by atoms with Crippen molar-refractivity contribution in [3.63, 3.8) is 0 Å². The Morgan fingerprint density at radius 1 is 0.704 bits per heavy atom. The minimum absolute atomic E-state index is 0.300. The lowest BCUT2D eigenvalue weighted by molar-refractivity contribution is -0.143. The lowest BCUT2D eigenvalue weighted by Crippen LogP contribution is -2.23. The fourth-order valence-corrected chi connectivity index (χ4v) is 3.71. The molecule has 1 atom stereocenters. The van der Waals surface area contributed by atoms with Crippen molar-refractivity contribution >= 4 is 53.8 Å². The molecule has 27 heavy (non-hydrogen) atoms. The smallest absolute Gasteiger partial charge is 0.344 e. The van der Waals surface area contributed by atoms with Gasteiger partial charge in [-0.05, 0) is 66.5 Å². The van der Waals surface area contributed by atoms with Crippen molar-refractivity contribution in [1.29, 1.82) is 0 Å². The van der Waals surface area contributed by atoms with E-state index in [0.29, 0.717) is 12.5 Å². The molecule has 0 fully saturated rings. The Morgan fingerprint density at radius 3 is 1.44 bits per heavy atom. The maximum absolute atomic E-state index is 12.0. The van der Waals surface area contributed by atoms with Crippen LogP contribution in [0.25, 0.3) is 0 Å². The third kappa shape index (κ3) is 18.7. The Hall–Kier alpha value is 0.910. The highest BCUT2D eigenvalue weighted by atomic mass is 80.0. The van der Waals surface area contributed by atoms with Crippen LogP contribution in [0.5, 0.6) is 0 Å². The second kappa shape index (κ2) is 18.9. The quantitative estimate of drug-likeness (QED) is 0.0923. The van der Waals surface area contributed by atoms with Crippen molar-refractivity contribution < 1.29 is 9.53 Å². The standard InChI is InChI=1S/C22H41Br3O2/c1-3-5-7-9-11-12-14-16-18-20(17-15-13-10-8-6-4-2)19-27-21(26)22(23,24)25/h20H,3-19H2,1-2H3. The summed E-state index contributed by atoms with van der Waals surface area (Å²) < 4.78 is 4.56. The molecule has 0 aliphatic heterocycles. The Labute approximate surface area is 193 Å². The predicted octanol–water partition coefficient (Wildman–Crippen LogP) is 9.27. The summed E-state index contributed by atoms with van der Waals surface area (Å²) in [6, 6.07) is 0. The molecule has 0 N–H and O–H groups in total. The Morgan fingerprint density at radius 2 is 1.07 bits per heavy atom. The Balaban J connectivity index is 4.02. The first-order valence-corrected chi connectivity index (χ1v) is 13.5. The maximum Gasteiger partial charge on any atom is 0.344 e.